The Balaban J connectivity index is 1.97. The van der Waals surface area contributed by atoms with Gasteiger partial charge < -0.3 is 14.7 Å². The maximum Gasteiger partial charge on any atom is 0.349 e. The summed E-state index contributed by atoms with van der Waals surface area (Å²) >= 11 is 0. The molecule has 1 N–H and O–H groups in total. The Kier molecular flexibility index (Phi) is 6.73. The van der Waals surface area contributed by atoms with Crippen LogP contribution in [0.15, 0.2) is 30.7 Å². The number of fused-ring (bicyclic) bond motifs is 1. The number of anilines is 1. The Bertz CT molecular complexity index is 1220. The predicted octanol–water partition coefficient (Wildman–Crippen LogP) is 4.51. The van der Waals surface area contributed by atoms with Crippen molar-refractivity contribution in [3.63, 3.8) is 0 Å². The summed E-state index contributed by atoms with van der Waals surface area (Å²) < 4.78 is 86.6. The molecule has 0 aromatic heterocycles. The van der Waals surface area contributed by atoms with Crippen molar-refractivity contribution in [1.29, 1.82) is 0 Å². The standard InChI is InChI=1S/C22H21F4NO5S/c1-4-7-27-12(3)32-21(22(28)29)14-8-13(5-6-16(14)27)9-33(30,31)10-15-19(25)17(23)11(2)18(24)20(15)26/h5-6,8,21H,3-4,7,9-10H2,1-2H3,(H,28,29). The molecule has 1 atom stereocenters. The number of hydrogen-bond donors (Lipinski definition) is 1. The molecule has 1 aliphatic heterocycles. The SMILES string of the molecule is C=C1OC(C(=O)O)c2cc(CS(=O)(=O)Cc3c(F)c(F)c(C)c(F)c3F)ccc2N1CCC. The number of aliphatic carboxylic acids is 1. The largest absolute Gasteiger partial charge is 0.478 e. The molecule has 0 amide bonds. The van der Waals surface area contributed by atoms with Crippen LogP contribution in [0.5, 0.6) is 0 Å². The van der Waals surface area contributed by atoms with Crippen LogP contribution in [0.3, 0.4) is 0 Å². The molecule has 3 rings (SSSR count). The summed E-state index contributed by atoms with van der Waals surface area (Å²) in [6, 6.07) is 4.23. The van der Waals surface area contributed by atoms with E-state index in [1.807, 2.05) is 6.92 Å². The summed E-state index contributed by atoms with van der Waals surface area (Å²) in [5.74, 6) is -10.1. The zero-order valence-electron chi connectivity index (χ0n) is 17.8. The fraction of sp³-hybridized carbons (Fsp3) is 0.318. The molecule has 0 saturated heterocycles. The molecule has 2 aromatic carbocycles. The lowest BCUT2D eigenvalue weighted by molar-refractivity contribution is -0.148. The van der Waals surface area contributed by atoms with Gasteiger partial charge in [0.05, 0.1) is 17.2 Å². The second-order valence-electron chi connectivity index (χ2n) is 7.67. The third kappa shape index (κ3) is 4.68. The highest BCUT2D eigenvalue weighted by molar-refractivity contribution is 7.89. The van der Waals surface area contributed by atoms with E-state index < -0.39 is 67.8 Å². The molecular weight excluding hydrogens is 466 g/mol. The molecule has 0 radical (unpaired) electrons. The molecule has 0 bridgehead atoms. The molecule has 1 heterocycles. The van der Waals surface area contributed by atoms with Crippen molar-refractivity contribution in [3.05, 3.63) is 76.2 Å². The first-order valence-corrected chi connectivity index (χ1v) is 11.7. The molecular formula is C22H21F4NO5S. The van der Waals surface area contributed by atoms with Gasteiger partial charge in [-0.1, -0.05) is 13.0 Å². The summed E-state index contributed by atoms with van der Waals surface area (Å²) in [4.78, 5) is 13.3. The molecule has 0 saturated carbocycles. The zero-order valence-corrected chi connectivity index (χ0v) is 18.6. The summed E-state index contributed by atoms with van der Waals surface area (Å²) in [7, 11) is -4.31. The minimum absolute atomic E-state index is 0.112. The lowest BCUT2D eigenvalue weighted by Gasteiger charge is -2.36. The zero-order chi connectivity index (χ0) is 24.7. The average molecular weight is 487 g/mol. The Hall–Kier alpha value is -3.08. The minimum Gasteiger partial charge on any atom is -0.478 e. The van der Waals surface area contributed by atoms with Gasteiger partial charge >= 0.3 is 5.97 Å². The first kappa shape index (κ1) is 24.6. The number of carboxylic acids is 1. The highest BCUT2D eigenvalue weighted by Gasteiger charge is 2.34. The molecule has 0 spiro atoms. The van der Waals surface area contributed by atoms with Gasteiger partial charge in [-0.3, -0.25) is 0 Å². The highest BCUT2D eigenvalue weighted by atomic mass is 32.2. The van der Waals surface area contributed by atoms with Crippen LogP contribution in [0.1, 0.15) is 41.7 Å². The molecule has 11 heteroatoms. The van der Waals surface area contributed by atoms with E-state index in [2.05, 4.69) is 6.58 Å². The number of carboxylic acid groups (broad SMARTS) is 1. The molecule has 0 aliphatic carbocycles. The van der Waals surface area contributed by atoms with Gasteiger partial charge in [-0.2, -0.15) is 0 Å². The molecule has 178 valence electrons. The van der Waals surface area contributed by atoms with Crippen LogP contribution < -0.4 is 4.90 Å². The number of ether oxygens (including phenoxy) is 1. The van der Waals surface area contributed by atoms with E-state index in [9.17, 15) is 35.9 Å². The number of nitrogens with zero attached hydrogens (tertiary/aromatic N) is 1. The normalized spacial score (nSPS) is 15.9. The fourth-order valence-electron chi connectivity index (χ4n) is 3.64. The Morgan fingerprint density at radius 1 is 1.12 bits per heavy atom. The smallest absolute Gasteiger partial charge is 0.349 e. The molecule has 1 aliphatic rings. The van der Waals surface area contributed by atoms with E-state index in [4.69, 9.17) is 4.74 Å². The number of carbonyl (C=O) groups is 1. The van der Waals surface area contributed by atoms with E-state index in [-0.39, 0.29) is 17.0 Å². The van der Waals surface area contributed by atoms with Crippen molar-refractivity contribution in [2.24, 2.45) is 0 Å². The average Bonchev–Trinajstić information content (AvgIpc) is 2.75. The van der Waals surface area contributed by atoms with Gasteiger partial charge in [-0.05, 0) is 37.6 Å². The summed E-state index contributed by atoms with van der Waals surface area (Å²) in [5.41, 5.74) is -1.35. The van der Waals surface area contributed by atoms with Crippen molar-refractivity contribution in [2.75, 3.05) is 11.4 Å². The molecule has 1 unspecified atom stereocenters. The van der Waals surface area contributed by atoms with Crippen LogP contribution in [0.4, 0.5) is 23.2 Å². The van der Waals surface area contributed by atoms with E-state index in [1.54, 1.807) is 4.90 Å². The van der Waals surface area contributed by atoms with Crippen molar-refractivity contribution < 1.29 is 40.6 Å². The number of benzene rings is 2. The first-order chi connectivity index (χ1) is 15.4. The lowest BCUT2D eigenvalue weighted by atomic mass is 10.0. The number of sulfone groups is 1. The van der Waals surface area contributed by atoms with Crippen molar-refractivity contribution in [1.82, 2.24) is 0 Å². The number of halogens is 4. The molecule has 6 nitrogen and oxygen atoms in total. The van der Waals surface area contributed by atoms with Crippen LogP contribution in [0.2, 0.25) is 0 Å². The Morgan fingerprint density at radius 2 is 1.73 bits per heavy atom. The van der Waals surface area contributed by atoms with E-state index in [1.165, 1.54) is 18.2 Å². The van der Waals surface area contributed by atoms with Crippen molar-refractivity contribution in [3.8, 4) is 0 Å². The monoisotopic (exact) mass is 487 g/mol. The minimum atomic E-state index is -4.31. The van der Waals surface area contributed by atoms with E-state index >= 15 is 0 Å². The quantitative estimate of drug-likeness (QED) is 0.457. The number of hydrogen-bond acceptors (Lipinski definition) is 5. The maximum absolute atomic E-state index is 14.1. The van der Waals surface area contributed by atoms with Gasteiger partial charge in [0.25, 0.3) is 0 Å². The highest BCUT2D eigenvalue weighted by Crippen LogP contribution is 2.39. The van der Waals surface area contributed by atoms with Gasteiger partial charge in [0.1, 0.15) is 0 Å². The van der Waals surface area contributed by atoms with Crippen LogP contribution in [0, 0.1) is 30.2 Å². The third-order valence-corrected chi connectivity index (χ3v) is 6.72. The first-order valence-electron chi connectivity index (χ1n) is 9.88. The molecule has 2 aromatic rings. The predicted molar refractivity (Wildman–Crippen MR) is 112 cm³/mol. The van der Waals surface area contributed by atoms with Gasteiger partial charge in [0.2, 0.25) is 6.10 Å². The van der Waals surface area contributed by atoms with E-state index in [0.717, 1.165) is 6.92 Å². The fourth-order valence-corrected chi connectivity index (χ4v) is 5.12. The third-order valence-electron chi connectivity index (χ3n) is 5.22. The van der Waals surface area contributed by atoms with Gasteiger partial charge in [-0.15, -0.1) is 0 Å². The topological polar surface area (TPSA) is 83.9 Å². The van der Waals surface area contributed by atoms with Crippen LogP contribution in [0.25, 0.3) is 0 Å². The van der Waals surface area contributed by atoms with E-state index in [0.29, 0.717) is 18.7 Å². The number of rotatable bonds is 7. The molecule has 33 heavy (non-hydrogen) atoms. The second-order valence-corrected chi connectivity index (χ2v) is 9.73. The Labute approximate surface area is 188 Å². The molecule has 0 fully saturated rings. The van der Waals surface area contributed by atoms with Gasteiger partial charge in [0.15, 0.2) is 39.0 Å². The van der Waals surface area contributed by atoms with Crippen LogP contribution in [-0.2, 0) is 30.9 Å². The van der Waals surface area contributed by atoms with Crippen LogP contribution >= 0.6 is 0 Å². The van der Waals surface area contributed by atoms with Crippen molar-refractivity contribution in [2.45, 2.75) is 37.9 Å². The van der Waals surface area contributed by atoms with Gasteiger partial charge in [0, 0.05) is 23.2 Å². The Morgan fingerprint density at radius 3 is 2.27 bits per heavy atom. The second kappa shape index (κ2) is 9.05. The summed E-state index contributed by atoms with van der Waals surface area (Å²) in [6.45, 7) is 6.92. The van der Waals surface area contributed by atoms with Crippen LogP contribution in [-0.4, -0.2) is 26.0 Å². The van der Waals surface area contributed by atoms with Crippen molar-refractivity contribution >= 4 is 21.5 Å². The lowest BCUT2D eigenvalue weighted by Crippen LogP contribution is -2.33. The maximum atomic E-state index is 14.1. The summed E-state index contributed by atoms with van der Waals surface area (Å²) in [6.07, 6.45) is -0.741. The van der Waals surface area contributed by atoms with Gasteiger partial charge in [-0.25, -0.2) is 30.8 Å². The summed E-state index contributed by atoms with van der Waals surface area (Å²) in [5, 5.41) is 9.52.